The Morgan fingerprint density at radius 3 is 2.35 bits per heavy atom. The van der Waals surface area contributed by atoms with Crippen molar-refractivity contribution >= 4 is 12.0 Å². The summed E-state index contributed by atoms with van der Waals surface area (Å²) in [7, 11) is 1.99. The van der Waals surface area contributed by atoms with Crippen molar-refractivity contribution < 1.29 is 14.3 Å². The standard InChI is InChI=1S/C25H31N3O3/c1-5-28-21(17-27(4)16-19-10-8-7-9-11-19)22(24(29)31-6-2)23(26-25(28)30)20-14-12-18(3)13-15-20/h7-15,23H,5-6,16-17H2,1-4H3,(H,26,30). The molecule has 0 radical (unpaired) electrons. The van der Waals surface area contributed by atoms with E-state index in [1.165, 1.54) is 5.56 Å². The van der Waals surface area contributed by atoms with E-state index in [-0.39, 0.29) is 12.6 Å². The highest BCUT2D eigenvalue weighted by Crippen LogP contribution is 2.32. The predicted molar refractivity (Wildman–Crippen MR) is 121 cm³/mol. The van der Waals surface area contributed by atoms with Crippen LogP contribution in [0.15, 0.2) is 65.9 Å². The van der Waals surface area contributed by atoms with Crippen molar-refractivity contribution in [2.24, 2.45) is 0 Å². The molecule has 164 valence electrons. The summed E-state index contributed by atoms with van der Waals surface area (Å²) in [6, 6.07) is 17.3. The zero-order valence-corrected chi connectivity index (χ0v) is 18.7. The van der Waals surface area contributed by atoms with Gasteiger partial charge in [-0.1, -0.05) is 60.2 Å². The highest BCUT2D eigenvalue weighted by molar-refractivity contribution is 5.95. The van der Waals surface area contributed by atoms with Crippen LogP contribution in [0.5, 0.6) is 0 Å². The molecule has 6 heteroatoms. The van der Waals surface area contributed by atoms with Gasteiger partial charge in [-0.05, 0) is 38.9 Å². The molecule has 0 saturated carbocycles. The molecule has 2 amide bonds. The maximum Gasteiger partial charge on any atom is 0.338 e. The lowest BCUT2D eigenvalue weighted by Crippen LogP contribution is -2.50. The van der Waals surface area contributed by atoms with Gasteiger partial charge >= 0.3 is 12.0 Å². The smallest absolute Gasteiger partial charge is 0.338 e. The van der Waals surface area contributed by atoms with Gasteiger partial charge in [0.05, 0.1) is 18.2 Å². The lowest BCUT2D eigenvalue weighted by atomic mass is 9.93. The van der Waals surface area contributed by atoms with Crippen molar-refractivity contribution in [3.8, 4) is 0 Å². The Morgan fingerprint density at radius 2 is 1.74 bits per heavy atom. The van der Waals surface area contributed by atoms with Gasteiger partial charge < -0.3 is 10.1 Å². The van der Waals surface area contributed by atoms with Crippen LogP contribution in [0.2, 0.25) is 0 Å². The first kappa shape index (κ1) is 22.6. The molecule has 6 nitrogen and oxygen atoms in total. The van der Waals surface area contributed by atoms with Gasteiger partial charge in [-0.2, -0.15) is 0 Å². The number of benzene rings is 2. The van der Waals surface area contributed by atoms with Gasteiger partial charge in [-0.15, -0.1) is 0 Å². The second kappa shape index (κ2) is 10.3. The van der Waals surface area contributed by atoms with Crippen LogP contribution in [0.25, 0.3) is 0 Å². The summed E-state index contributed by atoms with van der Waals surface area (Å²) in [6.45, 7) is 7.60. The zero-order valence-electron chi connectivity index (χ0n) is 18.7. The molecule has 1 N–H and O–H groups in total. The van der Waals surface area contributed by atoms with Crippen LogP contribution in [0.1, 0.15) is 36.6 Å². The van der Waals surface area contributed by atoms with E-state index in [1.807, 2.05) is 63.4 Å². The largest absolute Gasteiger partial charge is 0.463 e. The van der Waals surface area contributed by atoms with Crippen molar-refractivity contribution in [2.75, 3.05) is 26.7 Å². The summed E-state index contributed by atoms with van der Waals surface area (Å²) >= 11 is 0. The number of hydrogen-bond donors (Lipinski definition) is 1. The summed E-state index contributed by atoms with van der Waals surface area (Å²) in [5.74, 6) is -0.394. The van der Waals surface area contributed by atoms with E-state index in [2.05, 4.69) is 22.3 Å². The molecule has 2 aromatic carbocycles. The van der Waals surface area contributed by atoms with Crippen LogP contribution in [-0.2, 0) is 16.1 Å². The highest BCUT2D eigenvalue weighted by Gasteiger charge is 2.37. The Hall–Kier alpha value is -3.12. The zero-order chi connectivity index (χ0) is 22.4. The lowest BCUT2D eigenvalue weighted by molar-refractivity contribution is -0.139. The summed E-state index contributed by atoms with van der Waals surface area (Å²) in [5.41, 5.74) is 4.33. The van der Waals surface area contributed by atoms with Crippen molar-refractivity contribution in [3.05, 3.63) is 82.6 Å². The van der Waals surface area contributed by atoms with E-state index in [1.54, 1.807) is 11.8 Å². The van der Waals surface area contributed by atoms with E-state index in [9.17, 15) is 9.59 Å². The normalized spacial score (nSPS) is 16.5. The summed E-state index contributed by atoms with van der Waals surface area (Å²) < 4.78 is 5.42. The average molecular weight is 422 g/mol. The number of amides is 2. The van der Waals surface area contributed by atoms with Gasteiger partial charge in [-0.3, -0.25) is 9.80 Å². The third-order valence-corrected chi connectivity index (χ3v) is 5.38. The van der Waals surface area contributed by atoms with Crippen LogP contribution in [0.4, 0.5) is 4.79 Å². The van der Waals surface area contributed by atoms with Gasteiger partial charge in [-0.25, -0.2) is 9.59 Å². The number of aryl methyl sites for hydroxylation is 1. The van der Waals surface area contributed by atoms with Crippen LogP contribution < -0.4 is 5.32 Å². The van der Waals surface area contributed by atoms with Crippen LogP contribution in [-0.4, -0.2) is 48.5 Å². The summed E-state index contributed by atoms with van der Waals surface area (Å²) in [6.07, 6.45) is 0. The highest BCUT2D eigenvalue weighted by atomic mass is 16.5. The summed E-state index contributed by atoms with van der Waals surface area (Å²) in [5, 5.41) is 3.01. The molecular formula is C25H31N3O3. The number of nitrogens with one attached hydrogen (secondary N) is 1. The Balaban J connectivity index is 2.03. The molecule has 0 aliphatic carbocycles. The molecule has 0 bridgehead atoms. The molecule has 1 atom stereocenters. The van der Waals surface area contributed by atoms with Crippen LogP contribution in [0, 0.1) is 6.92 Å². The average Bonchev–Trinajstić information content (AvgIpc) is 2.75. The number of ether oxygens (including phenoxy) is 1. The van der Waals surface area contributed by atoms with Crippen LogP contribution in [0.3, 0.4) is 0 Å². The van der Waals surface area contributed by atoms with Gasteiger partial charge in [0.25, 0.3) is 0 Å². The number of carbonyl (C=O) groups is 2. The van der Waals surface area contributed by atoms with Gasteiger partial charge in [0.2, 0.25) is 0 Å². The molecule has 0 spiro atoms. The SMILES string of the molecule is CCOC(=O)C1=C(CN(C)Cc2ccccc2)N(CC)C(=O)NC1c1ccc(C)cc1. The Bertz CT molecular complexity index is 938. The topological polar surface area (TPSA) is 61.9 Å². The number of rotatable bonds is 8. The maximum atomic E-state index is 13.1. The fraction of sp³-hybridized carbons (Fsp3) is 0.360. The minimum Gasteiger partial charge on any atom is -0.463 e. The van der Waals surface area contributed by atoms with Crippen molar-refractivity contribution in [1.82, 2.24) is 15.1 Å². The van der Waals surface area contributed by atoms with E-state index in [0.29, 0.717) is 30.9 Å². The second-order valence-corrected chi connectivity index (χ2v) is 7.78. The number of carbonyl (C=O) groups excluding carboxylic acids is 2. The summed E-state index contributed by atoms with van der Waals surface area (Å²) in [4.78, 5) is 29.8. The minimum absolute atomic E-state index is 0.204. The van der Waals surface area contributed by atoms with Crippen molar-refractivity contribution in [1.29, 1.82) is 0 Å². The van der Waals surface area contributed by atoms with E-state index >= 15 is 0 Å². The molecule has 31 heavy (non-hydrogen) atoms. The van der Waals surface area contributed by atoms with Crippen molar-refractivity contribution in [3.63, 3.8) is 0 Å². The number of hydrogen-bond acceptors (Lipinski definition) is 4. The quantitative estimate of drug-likeness (QED) is 0.654. The molecule has 2 aromatic rings. The Morgan fingerprint density at radius 1 is 1.06 bits per heavy atom. The maximum absolute atomic E-state index is 13.1. The van der Waals surface area contributed by atoms with Crippen molar-refractivity contribution in [2.45, 2.75) is 33.4 Å². The molecule has 1 unspecified atom stereocenters. The van der Waals surface area contributed by atoms with Crippen LogP contribution >= 0.6 is 0 Å². The number of nitrogens with zero attached hydrogens (tertiary/aromatic N) is 2. The third-order valence-electron chi connectivity index (χ3n) is 5.38. The molecule has 1 aliphatic heterocycles. The molecule has 0 saturated heterocycles. The molecule has 1 aliphatic rings. The first-order valence-electron chi connectivity index (χ1n) is 10.7. The fourth-order valence-electron chi connectivity index (χ4n) is 3.87. The van der Waals surface area contributed by atoms with E-state index < -0.39 is 12.0 Å². The molecule has 3 rings (SSSR count). The number of esters is 1. The van der Waals surface area contributed by atoms with Gasteiger partial charge in [0.15, 0.2) is 0 Å². The Labute approximate surface area is 184 Å². The van der Waals surface area contributed by atoms with Gasteiger partial charge in [0.1, 0.15) is 0 Å². The monoisotopic (exact) mass is 421 g/mol. The Kier molecular flexibility index (Phi) is 7.47. The third kappa shape index (κ3) is 5.33. The lowest BCUT2D eigenvalue weighted by Gasteiger charge is -2.37. The fourth-order valence-corrected chi connectivity index (χ4v) is 3.87. The minimum atomic E-state index is -0.546. The molecule has 1 heterocycles. The van der Waals surface area contributed by atoms with E-state index in [0.717, 1.165) is 11.1 Å². The molecular weight excluding hydrogens is 390 g/mol. The second-order valence-electron chi connectivity index (χ2n) is 7.78. The first-order valence-corrected chi connectivity index (χ1v) is 10.7. The predicted octanol–water partition coefficient (Wildman–Crippen LogP) is 4.03. The molecule has 0 fully saturated rings. The molecule has 0 aromatic heterocycles. The first-order chi connectivity index (χ1) is 14.9. The number of likely N-dealkylation sites (N-methyl/N-ethyl adjacent to an activating group) is 2. The van der Waals surface area contributed by atoms with Gasteiger partial charge in [0, 0.05) is 25.3 Å². The van der Waals surface area contributed by atoms with E-state index in [4.69, 9.17) is 4.74 Å². The number of urea groups is 1.